The second kappa shape index (κ2) is 4.99. The molecule has 2 nitrogen and oxygen atoms in total. The fraction of sp³-hybridized carbons (Fsp3) is 0.444. The Hall–Kier alpha value is -0.760. The molecule has 0 unspecified atom stereocenters. The smallest absolute Gasteiger partial charge is 0.108 e. The lowest BCUT2D eigenvalue weighted by molar-refractivity contribution is 0.747. The molecule has 0 N–H and O–H groups in total. The third-order valence-electron chi connectivity index (χ3n) is 1.68. The van der Waals surface area contributed by atoms with E-state index in [0.717, 1.165) is 18.8 Å². The van der Waals surface area contributed by atoms with Gasteiger partial charge in [-0.1, -0.05) is 19.1 Å². The van der Waals surface area contributed by atoms with Crippen LogP contribution >= 0.6 is 11.6 Å². The molecule has 1 aromatic heterocycles. The van der Waals surface area contributed by atoms with Crippen LogP contribution in [-0.2, 0) is 13.0 Å². The van der Waals surface area contributed by atoms with E-state index in [1.165, 1.54) is 0 Å². The van der Waals surface area contributed by atoms with Crippen LogP contribution in [-0.4, -0.2) is 15.4 Å². The van der Waals surface area contributed by atoms with Gasteiger partial charge < -0.3 is 4.57 Å². The predicted octanol–water partition coefficient (Wildman–Crippen LogP) is 2.24. The highest BCUT2D eigenvalue weighted by Crippen LogP contribution is 1.98. The van der Waals surface area contributed by atoms with E-state index in [2.05, 4.69) is 16.5 Å². The second-order valence-corrected chi connectivity index (χ2v) is 2.78. The molecule has 0 atom stereocenters. The van der Waals surface area contributed by atoms with Gasteiger partial charge in [0.15, 0.2) is 0 Å². The van der Waals surface area contributed by atoms with Gasteiger partial charge in [-0.15, -0.1) is 11.6 Å². The second-order valence-electron chi connectivity index (χ2n) is 2.48. The quantitative estimate of drug-likeness (QED) is 0.519. The van der Waals surface area contributed by atoms with Crippen molar-refractivity contribution < 1.29 is 0 Å². The van der Waals surface area contributed by atoms with Crippen molar-refractivity contribution in [3.63, 3.8) is 0 Å². The van der Waals surface area contributed by atoms with Crippen molar-refractivity contribution in [2.24, 2.45) is 0 Å². The Morgan fingerprint density at radius 1 is 1.58 bits per heavy atom. The van der Waals surface area contributed by atoms with Gasteiger partial charge in [-0.05, 0) is 0 Å². The van der Waals surface area contributed by atoms with E-state index in [1.54, 1.807) is 0 Å². The lowest BCUT2D eigenvalue weighted by Gasteiger charge is -2.00. The Labute approximate surface area is 77.9 Å². The molecule has 0 amide bonds. The highest BCUT2D eigenvalue weighted by molar-refractivity contribution is 6.18. The van der Waals surface area contributed by atoms with Crippen LogP contribution in [0.25, 0.3) is 0 Å². The zero-order valence-corrected chi connectivity index (χ0v) is 7.96. The Balaban J connectivity index is 2.56. The molecule has 3 heteroatoms. The number of aryl methyl sites for hydroxylation is 1. The van der Waals surface area contributed by atoms with Crippen LogP contribution in [0.3, 0.4) is 0 Å². The Kier molecular flexibility index (Phi) is 3.88. The largest absolute Gasteiger partial charge is 0.331 e. The monoisotopic (exact) mass is 184 g/mol. The fourth-order valence-corrected chi connectivity index (χ4v) is 1.20. The van der Waals surface area contributed by atoms with Crippen LogP contribution in [0.5, 0.6) is 0 Å². The molecule has 0 saturated heterocycles. The van der Waals surface area contributed by atoms with Crippen LogP contribution < -0.4 is 0 Å². The first-order chi connectivity index (χ1) is 5.88. The molecule has 0 spiro atoms. The van der Waals surface area contributed by atoms with Gasteiger partial charge in [-0.3, -0.25) is 0 Å². The zero-order chi connectivity index (χ0) is 8.81. The molecule has 1 rings (SSSR count). The molecule has 0 aliphatic carbocycles. The average molecular weight is 185 g/mol. The molecule has 0 bridgehead atoms. The summed E-state index contributed by atoms with van der Waals surface area (Å²) in [5.41, 5.74) is 0. The van der Waals surface area contributed by atoms with Crippen LogP contribution in [0.15, 0.2) is 24.5 Å². The number of rotatable bonds is 4. The average Bonchev–Trinajstić information content (AvgIpc) is 2.52. The molecule has 1 heterocycles. The summed E-state index contributed by atoms with van der Waals surface area (Å²) in [5, 5.41) is 0. The van der Waals surface area contributed by atoms with E-state index >= 15 is 0 Å². The first kappa shape index (κ1) is 9.33. The molecule has 1 aromatic rings. The maximum atomic E-state index is 5.50. The molecule has 0 aromatic carbocycles. The van der Waals surface area contributed by atoms with E-state index in [-0.39, 0.29) is 0 Å². The Morgan fingerprint density at radius 2 is 2.42 bits per heavy atom. The maximum absolute atomic E-state index is 5.50. The highest BCUT2D eigenvalue weighted by Gasteiger charge is 1.95. The van der Waals surface area contributed by atoms with Crippen LogP contribution in [0, 0.1) is 0 Å². The predicted molar refractivity (Wildman–Crippen MR) is 51.5 cm³/mol. The fourth-order valence-electron chi connectivity index (χ4n) is 1.07. The zero-order valence-electron chi connectivity index (χ0n) is 7.20. The highest BCUT2D eigenvalue weighted by atomic mass is 35.5. The van der Waals surface area contributed by atoms with Crippen molar-refractivity contribution in [3.8, 4) is 0 Å². The van der Waals surface area contributed by atoms with E-state index < -0.39 is 0 Å². The minimum absolute atomic E-state index is 0.580. The molecular formula is C9H13ClN2. The molecule has 0 aliphatic rings. The summed E-state index contributed by atoms with van der Waals surface area (Å²) in [6, 6.07) is 0. The third kappa shape index (κ3) is 2.38. The van der Waals surface area contributed by atoms with Crippen molar-refractivity contribution in [2.45, 2.75) is 19.9 Å². The van der Waals surface area contributed by atoms with Crippen molar-refractivity contribution in [1.29, 1.82) is 0 Å². The number of halogens is 1. The minimum Gasteiger partial charge on any atom is -0.331 e. The Morgan fingerprint density at radius 3 is 3.08 bits per heavy atom. The van der Waals surface area contributed by atoms with Gasteiger partial charge in [0, 0.05) is 31.2 Å². The number of alkyl halides is 1. The summed E-state index contributed by atoms with van der Waals surface area (Å²) < 4.78 is 2.11. The molecule has 0 aliphatic heterocycles. The first-order valence-corrected chi connectivity index (χ1v) is 4.63. The van der Waals surface area contributed by atoms with Crippen LogP contribution in [0.1, 0.15) is 12.7 Å². The number of hydrogen-bond acceptors (Lipinski definition) is 1. The van der Waals surface area contributed by atoms with Crippen molar-refractivity contribution in [3.05, 3.63) is 30.4 Å². The number of hydrogen-bond donors (Lipinski definition) is 0. The van der Waals surface area contributed by atoms with E-state index in [4.69, 9.17) is 11.6 Å². The summed E-state index contributed by atoms with van der Waals surface area (Å²) in [5.74, 6) is 1.70. The summed E-state index contributed by atoms with van der Waals surface area (Å²) >= 11 is 5.50. The summed E-state index contributed by atoms with van der Waals surface area (Å²) in [7, 11) is 0. The molecule has 66 valence electrons. The van der Waals surface area contributed by atoms with E-state index in [1.807, 2.05) is 24.5 Å². The summed E-state index contributed by atoms with van der Waals surface area (Å²) in [4.78, 5) is 4.21. The lowest BCUT2D eigenvalue weighted by atomic mass is 10.4. The molecular weight excluding hydrogens is 172 g/mol. The molecule has 0 radical (unpaired) electrons. The van der Waals surface area contributed by atoms with Crippen LogP contribution in [0.4, 0.5) is 0 Å². The SMILES string of the molecule is CCc1nccn1CC=CCCl. The lowest BCUT2D eigenvalue weighted by Crippen LogP contribution is -1.99. The van der Waals surface area contributed by atoms with Gasteiger partial charge in [-0.2, -0.15) is 0 Å². The molecule has 12 heavy (non-hydrogen) atoms. The van der Waals surface area contributed by atoms with Crippen molar-refractivity contribution >= 4 is 11.6 Å². The normalized spacial score (nSPS) is 11.2. The first-order valence-electron chi connectivity index (χ1n) is 4.09. The number of nitrogens with zero attached hydrogens (tertiary/aromatic N) is 2. The van der Waals surface area contributed by atoms with Gasteiger partial charge in [0.25, 0.3) is 0 Å². The molecule has 0 fully saturated rings. The summed E-state index contributed by atoms with van der Waals surface area (Å²) in [6.45, 7) is 2.97. The van der Waals surface area contributed by atoms with Gasteiger partial charge in [0.1, 0.15) is 5.82 Å². The number of imidazole rings is 1. The number of allylic oxidation sites excluding steroid dienone is 2. The van der Waals surface area contributed by atoms with Gasteiger partial charge >= 0.3 is 0 Å². The van der Waals surface area contributed by atoms with Crippen molar-refractivity contribution in [2.75, 3.05) is 5.88 Å². The Bertz CT molecular complexity index is 253. The third-order valence-corrected chi connectivity index (χ3v) is 1.85. The van der Waals surface area contributed by atoms with Gasteiger partial charge in [-0.25, -0.2) is 4.98 Å². The van der Waals surface area contributed by atoms with Gasteiger partial charge in [0.05, 0.1) is 0 Å². The standard InChI is InChI=1S/C9H13ClN2/c1-2-9-11-6-8-12(9)7-4-3-5-10/h3-4,6,8H,2,5,7H2,1H3. The van der Waals surface area contributed by atoms with Gasteiger partial charge in [0.2, 0.25) is 0 Å². The summed E-state index contributed by atoms with van der Waals surface area (Å²) in [6.07, 6.45) is 8.78. The van der Waals surface area contributed by atoms with E-state index in [0.29, 0.717) is 5.88 Å². The minimum atomic E-state index is 0.580. The van der Waals surface area contributed by atoms with E-state index in [9.17, 15) is 0 Å². The molecule has 0 saturated carbocycles. The topological polar surface area (TPSA) is 17.8 Å². The maximum Gasteiger partial charge on any atom is 0.108 e. The van der Waals surface area contributed by atoms with Crippen LogP contribution in [0.2, 0.25) is 0 Å². The van der Waals surface area contributed by atoms with Crippen molar-refractivity contribution in [1.82, 2.24) is 9.55 Å². The number of aromatic nitrogens is 2.